The number of aliphatic hydroxyl groups is 1. The average Bonchev–Trinajstić information content (AvgIpc) is 3.10. The highest BCUT2D eigenvalue weighted by Crippen LogP contribution is 2.46. The second-order valence-electron chi connectivity index (χ2n) is 5.08. The number of fused-ring (bicyclic) bond motifs is 2. The molecular weight excluding hydrogens is 324 g/mol. The zero-order valence-electron chi connectivity index (χ0n) is 11.3. The van der Waals surface area contributed by atoms with Crippen molar-refractivity contribution in [3.63, 3.8) is 0 Å². The first-order chi connectivity index (χ1) is 10.1. The van der Waals surface area contributed by atoms with Crippen molar-refractivity contribution in [2.45, 2.75) is 13.0 Å². The summed E-state index contributed by atoms with van der Waals surface area (Å²) < 4.78 is 1.10. The van der Waals surface area contributed by atoms with E-state index in [1.54, 1.807) is 23.1 Å². The molecule has 21 heavy (non-hydrogen) atoms. The Kier molecular flexibility index (Phi) is 3.26. The summed E-state index contributed by atoms with van der Waals surface area (Å²) in [5, 5.41) is 13.0. The van der Waals surface area contributed by atoms with Crippen LogP contribution in [0, 0.1) is 0 Å². The molecule has 2 aliphatic heterocycles. The molecular formula is C15H13ClN2OS2. The second kappa shape index (κ2) is 5.02. The van der Waals surface area contributed by atoms with Crippen LogP contribution in [0.25, 0.3) is 15.8 Å². The van der Waals surface area contributed by atoms with Crippen LogP contribution in [0.1, 0.15) is 11.8 Å². The fraction of sp³-hybridized carbons (Fsp3) is 0.267. The Morgan fingerprint density at radius 3 is 3.05 bits per heavy atom. The quantitative estimate of drug-likeness (QED) is 0.899. The van der Waals surface area contributed by atoms with Gasteiger partial charge in [0.05, 0.1) is 32.9 Å². The van der Waals surface area contributed by atoms with Gasteiger partial charge in [-0.1, -0.05) is 35.5 Å². The van der Waals surface area contributed by atoms with E-state index in [-0.39, 0.29) is 0 Å². The molecule has 1 aromatic heterocycles. The van der Waals surface area contributed by atoms with Gasteiger partial charge in [-0.05, 0) is 24.4 Å². The predicted molar refractivity (Wildman–Crippen MR) is 92.0 cm³/mol. The van der Waals surface area contributed by atoms with Crippen molar-refractivity contribution in [2.75, 3.05) is 13.1 Å². The van der Waals surface area contributed by atoms with Gasteiger partial charge < -0.3 is 10.0 Å². The number of thiophene rings is 1. The zero-order valence-corrected chi connectivity index (χ0v) is 13.7. The van der Waals surface area contributed by atoms with E-state index in [9.17, 15) is 5.11 Å². The summed E-state index contributed by atoms with van der Waals surface area (Å²) in [4.78, 5) is 8.85. The van der Waals surface area contributed by atoms with Gasteiger partial charge in [0.25, 0.3) is 0 Å². The van der Waals surface area contributed by atoms with Gasteiger partial charge >= 0.3 is 0 Å². The van der Waals surface area contributed by atoms with Crippen molar-refractivity contribution in [1.29, 1.82) is 0 Å². The second-order valence-corrected chi connectivity index (χ2v) is 7.54. The first kappa shape index (κ1) is 13.6. The summed E-state index contributed by atoms with van der Waals surface area (Å²) in [7, 11) is 0. The van der Waals surface area contributed by atoms with E-state index in [0.717, 1.165) is 48.8 Å². The van der Waals surface area contributed by atoms with E-state index in [4.69, 9.17) is 11.6 Å². The van der Waals surface area contributed by atoms with Crippen molar-refractivity contribution >= 4 is 55.7 Å². The average molecular weight is 337 g/mol. The van der Waals surface area contributed by atoms with Gasteiger partial charge in [0.2, 0.25) is 0 Å². The van der Waals surface area contributed by atoms with Crippen LogP contribution >= 0.6 is 34.7 Å². The van der Waals surface area contributed by atoms with Crippen molar-refractivity contribution in [1.82, 2.24) is 4.90 Å². The highest BCUT2D eigenvalue weighted by atomic mass is 35.5. The van der Waals surface area contributed by atoms with E-state index in [0.29, 0.717) is 0 Å². The predicted octanol–water partition coefficient (Wildman–Crippen LogP) is 4.02. The smallest absolute Gasteiger partial charge is 0.168 e. The lowest BCUT2D eigenvalue weighted by atomic mass is 10.2. The molecule has 0 radical (unpaired) electrons. The Labute approximate surface area is 135 Å². The topological polar surface area (TPSA) is 35.8 Å². The van der Waals surface area contributed by atoms with Gasteiger partial charge in [-0.15, -0.1) is 11.3 Å². The van der Waals surface area contributed by atoms with Crippen LogP contribution < -0.4 is 0 Å². The van der Waals surface area contributed by atoms with Crippen molar-refractivity contribution < 1.29 is 5.11 Å². The van der Waals surface area contributed by atoms with Crippen LogP contribution in [-0.4, -0.2) is 34.4 Å². The molecule has 2 aliphatic rings. The summed E-state index contributed by atoms with van der Waals surface area (Å²) in [5.74, 6) is 0. The number of amidine groups is 1. The van der Waals surface area contributed by atoms with Gasteiger partial charge in [0.15, 0.2) is 5.17 Å². The monoisotopic (exact) mass is 336 g/mol. The lowest BCUT2D eigenvalue weighted by Gasteiger charge is -2.16. The fourth-order valence-corrected chi connectivity index (χ4v) is 5.31. The number of thioether (sulfide) groups is 1. The molecule has 108 valence electrons. The van der Waals surface area contributed by atoms with E-state index in [1.165, 1.54) is 0 Å². The largest absolute Gasteiger partial charge is 0.388 e. The number of aliphatic imine (C=N–C) groups is 1. The molecule has 2 aromatic rings. The SMILES string of the molecule is CC(O)C1=C(c2cc3cccc(Cl)c3s2)N2CCN=C2S1. The minimum atomic E-state index is -0.487. The number of benzene rings is 1. The minimum Gasteiger partial charge on any atom is -0.388 e. The van der Waals surface area contributed by atoms with Crippen LogP contribution in [0.2, 0.25) is 5.02 Å². The Bertz CT molecular complexity index is 794. The highest BCUT2D eigenvalue weighted by molar-refractivity contribution is 8.17. The first-order valence-electron chi connectivity index (χ1n) is 6.75. The molecule has 0 spiro atoms. The van der Waals surface area contributed by atoms with Gasteiger partial charge in [0, 0.05) is 11.4 Å². The minimum absolute atomic E-state index is 0.487. The first-order valence-corrected chi connectivity index (χ1v) is 8.77. The molecule has 6 heteroatoms. The molecule has 0 fully saturated rings. The third kappa shape index (κ3) is 2.11. The molecule has 0 saturated carbocycles. The zero-order chi connectivity index (χ0) is 14.6. The highest BCUT2D eigenvalue weighted by Gasteiger charge is 2.35. The third-order valence-electron chi connectivity index (χ3n) is 3.62. The van der Waals surface area contributed by atoms with Gasteiger partial charge in [-0.3, -0.25) is 4.99 Å². The fourth-order valence-electron chi connectivity index (χ4n) is 2.68. The Balaban J connectivity index is 1.90. The number of halogens is 1. The third-order valence-corrected chi connectivity index (χ3v) is 6.52. The molecule has 0 aliphatic carbocycles. The number of rotatable bonds is 2. The molecule has 0 bridgehead atoms. The maximum absolute atomic E-state index is 10.1. The summed E-state index contributed by atoms with van der Waals surface area (Å²) in [6.45, 7) is 3.52. The summed E-state index contributed by atoms with van der Waals surface area (Å²) in [6, 6.07) is 8.12. The van der Waals surface area contributed by atoms with Crippen LogP contribution in [0.15, 0.2) is 34.2 Å². The van der Waals surface area contributed by atoms with Gasteiger partial charge in [-0.2, -0.15) is 0 Å². The molecule has 1 unspecified atom stereocenters. The molecule has 1 aromatic carbocycles. The summed E-state index contributed by atoms with van der Waals surface area (Å²) in [5.41, 5.74) is 1.10. The lowest BCUT2D eigenvalue weighted by molar-refractivity contribution is 0.240. The van der Waals surface area contributed by atoms with Crippen molar-refractivity contribution in [3.05, 3.63) is 39.1 Å². The standard InChI is InChI=1S/C15H13ClN2OS2/c1-8(19)13-12(18-6-5-17-15(18)21-13)11-7-9-3-2-4-10(16)14(9)20-11/h2-4,7-8,19H,5-6H2,1H3. The van der Waals surface area contributed by atoms with E-state index >= 15 is 0 Å². The summed E-state index contributed by atoms with van der Waals surface area (Å²) >= 11 is 9.56. The Morgan fingerprint density at radius 1 is 1.43 bits per heavy atom. The van der Waals surface area contributed by atoms with Crippen LogP contribution in [0.4, 0.5) is 0 Å². The lowest BCUT2D eigenvalue weighted by Crippen LogP contribution is -2.19. The Morgan fingerprint density at radius 2 is 2.29 bits per heavy atom. The molecule has 0 amide bonds. The van der Waals surface area contributed by atoms with E-state index < -0.39 is 6.10 Å². The van der Waals surface area contributed by atoms with Gasteiger partial charge in [0.1, 0.15) is 0 Å². The molecule has 1 atom stereocenters. The molecule has 4 rings (SSSR count). The van der Waals surface area contributed by atoms with Crippen LogP contribution in [0.3, 0.4) is 0 Å². The van der Waals surface area contributed by atoms with E-state index in [2.05, 4.69) is 22.0 Å². The van der Waals surface area contributed by atoms with E-state index in [1.807, 2.05) is 19.1 Å². The Hall–Kier alpha value is -1.01. The van der Waals surface area contributed by atoms with Gasteiger partial charge in [-0.25, -0.2) is 0 Å². The maximum atomic E-state index is 10.1. The normalized spacial score (nSPS) is 19.4. The number of hydrogen-bond acceptors (Lipinski definition) is 5. The molecule has 1 N–H and O–H groups in total. The summed E-state index contributed by atoms with van der Waals surface area (Å²) in [6.07, 6.45) is -0.487. The molecule has 3 heterocycles. The maximum Gasteiger partial charge on any atom is 0.168 e. The van der Waals surface area contributed by atoms with Crippen molar-refractivity contribution in [2.24, 2.45) is 4.99 Å². The van der Waals surface area contributed by atoms with Crippen molar-refractivity contribution in [3.8, 4) is 0 Å². The number of aliphatic hydroxyl groups excluding tert-OH is 1. The van der Waals surface area contributed by atoms with Crippen LogP contribution in [-0.2, 0) is 0 Å². The molecule has 3 nitrogen and oxygen atoms in total. The van der Waals surface area contributed by atoms with Crippen LogP contribution in [0.5, 0.6) is 0 Å². The number of nitrogens with zero attached hydrogens (tertiary/aromatic N) is 2. The number of hydrogen-bond donors (Lipinski definition) is 1. The molecule has 0 saturated heterocycles.